The Morgan fingerprint density at radius 2 is 2.18 bits per heavy atom. The summed E-state index contributed by atoms with van der Waals surface area (Å²) in [7, 11) is 0. The first kappa shape index (κ1) is 12.3. The zero-order chi connectivity index (χ0) is 12.1. The van der Waals surface area contributed by atoms with Crippen LogP contribution in [0.1, 0.15) is 32.3 Å². The van der Waals surface area contributed by atoms with Gasteiger partial charge in [0.25, 0.3) is 0 Å². The van der Waals surface area contributed by atoms with Crippen LogP contribution in [0.5, 0.6) is 0 Å². The molecule has 94 valence electrons. The number of hydrogen-bond acceptors (Lipinski definition) is 4. The molecule has 1 saturated heterocycles. The second-order valence-corrected chi connectivity index (χ2v) is 4.87. The summed E-state index contributed by atoms with van der Waals surface area (Å²) in [4.78, 5) is 11.2. The van der Waals surface area contributed by atoms with Crippen LogP contribution in [0.25, 0.3) is 0 Å². The van der Waals surface area contributed by atoms with Crippen LogP contribution in [0.4, 0.5) is 5.95 Å². The number of nitrogens with zero attached hydrogens (tertiary/aromatic N) is 3. The molecule has 0 bridgehead atoms. The third-order valence-electron chi connectivity index (χ3n) is 3.21. The molecule has 17 heavy (non-hydrogen) atoms. The van der Waals surface area contributed by atoms with Crippen LogP contribution in [-0.4, -0.2) is 29.6 Å². The average molecular weight is 234 g/mol. The van der Waals surface area contributed by atoms with Gasteiger partial charge in [0.15, 0.2) is 0 Å². The highest BCUT2D eigenvalue weighted by molar-refractivity contribution is 5.30. The Bertz CT molecular complexity index is 336. The van der Waals surface area contributed by atoms with Crippen molar-refractivity contribution in [2.24, 2.45) is 5.92 Å². The predicted octanol–water partition coefficient (Wildman–Crippen LogP) is 1.82. The fourth-order valence-corrected chi connectivity index (χ4v) is 2.24. The van der Waals surface area contributed by atoms with Crippen molar-refractivity contribution >= 4 is 5.95 Å². The molecule has 1 aromatic rings. The van der Waals surface area contributed by atoms with Gasteiger partial charge in [-0.2, -0.15) is 0 Å². The molecule has 1 atom stereocenters. The van der Waals surface area contributed by atoms with Crippen molar-refractivity contribution in [2.75, 3.05) is 24.5 Å². The van der Waals surface area contributed by atoms with Gasteiger partial charge in [-0.15, -0.1) is 0 Å². The summed E-state index contributed by atoms with van der Waals surface area (Å²) in [5.74, 6) is 1.64. The van der Waals surface area contributed by atoms with E-state index in [4.69, 9.17) is 0 Å². The van der Waals surface area contributed by atoms with Crippen molar-refractivity contribution in [1.82, 2.24) is 15.3 Å². The smallest absolute Gasteiger partial charge is 0.225 e. The Hall–Kier alpha value is -1.16. The minimum absolute atomic E-state index is 0.758. The molecular weight excluding hydrogens is 212 g/mol. The topological polar surface area (TPSA) is 41.1 Å². The minimum Gasteiger partial charge on any atom is -0.341 e. The molecule has 0 radical (unpaired) electrons. The summed E-state index contributed by atoms with van der Waals surface area (Å²) in [6.07, 6.45) is 6.45. The van der Waals surface area contributed by atoms with E-state index in [1.807, 2.05) is 12.4 Å². The maximum Gasteiger partial charge on any atom is 0.225 e. The fourth-order valence-electron chi connectivity index (χ4n) is 2.24. The van der Waals surface area contributed by atoms with Gasteiger partial charge in [0, 0.05) is 37.6 Å². The quantitative estimate of drug-likeness (QED) is 0.863. The van der Waals surface area contributed by atoms with Gasteiger partial charge < -0.3 is 10.2 Å². The van der Waals surface area contributed by atoms with E-state index < -0.39 is 0 Å². The molecule has 2 heterocycles. The summed E-state index contributed by atoms with van der Waals surface area (Å²) >= 11 is 0. The molecule has 1 unspecified atom stereocenters. The molecule has 0 spiro atoms. The Labute approximate surface area is 103 Å². The molecule has 4 nitrogen and oxygen atoms in total. The Balaban J connectivity index is 1.96. The molecule has 0 aromatic carbocycles. The van der Waals surface area contributed by atoms with Crippen molar-refractivity contribution < 1.29 is 0 Å². The van der Waals surface area contributed by atoms with Gasteiger partial charge in [-0.3, -0.25) is 0 Å². The number of nitrogens with one attached hydrogen (secondary N) is 1. The molecule has 1 aliphatic heterocycles. The normalized spacial score (nSPS) is 20.6. The fraction of sp³-hybridized carbons (Fsp3) is 0.692. The van der Waals surface area contributed by atoms with E-state index in [0.717, 1.165) is 43.6 Å². The zero-order valence-corrected chi connectivity index (χ0v) is 10.8. The van der Waals surface area contributed by atoms with Gasteiger partial charge in [-0.05, 0) is 25.3 Å². The number of aromatic nitrogens is 2. The van der Waals surface area contributed by atoms with Crippen LogP contribution in [0, 0.1) is 5.92 Å². The predicted molar refractivity (Wildman–Crippen MR) is 70.0 cm³/mol. The van der Waals surface area contributed by atoms with Crippen molar-refractivity contribution in [2.45, 2.75) is 33.2 Å². The monoisotopic (exact) mass is 234 g/mol. The van der Waals surface area contributed by atoms with Gasteiger partial charge in [-0.1, -0.05) is 13.8 Å². The summed E-state index contributed by atoms with van der Waals surface area (Å²) in [5, 5.41) is 3.28. The minimum atomic E-state index is 0.758. The molecule has 4 heteroatoms. The standard InChI is InChI=1S/C13H22N4/c1-3-14-7-12-8-15-13(16-9-12)17-6-4-5-11(2)10-17/h8-9,11,14H,3-7,10H2,1-2H3. The van der Waals surface area contributed by atoms with E-state index in [1.165, 1.54) is 12.8 Å². The third kappa shape index (κ3) is 3.40. The van der Waals surface area contributed by atoms with Crippen molar-refractivity contribution in [1.29, 1.82) is 0 Å². The number of rotatable bonds is 4. The van der Waals surface area contributed by atoms with Crippen LogP contribution in [0.3, 0.4) is 0 Å². The van der Waals surface area contributed by atoms with E-state index in [-0.39, 0.29) is 0 Å². The van der Waals surface area contributed by atoms with E-state index in [9.17, 15) is 0 Å². The molecule has 0 amide bonds. The first-order valence-corrected chi connectivity index (χ1v) is 6.56. The third-order valence-corrected chi connectivity index (χ3v) is 3.21. The Morgan fingerprint density at radius 3 is 2.82 bits per heavy atom. The SMILES string of the molecule is CCNCc1cnc(N2CCCC(C)C2)nc1. The Morgan fingerprint density at radius 1 is 1.41 bits per heavy atom. The second-order valence-electron chi connectivity index (χ2n) is 4.87. The average Bonchev–Trinajstić information content (AvgIpc) is 2.37. The molecular formula is C13H22N4. The number of hydrogen-bond donors (Lipinski definition) is 1. The number of anilines is 1. The first-order chi connectivity index (χ1) is 8.29. The lowest BCUT2D eigenvalue weighted by Gasteiger charge is -2.30. The lowest BCUT2D eigenvalue weighted by molar-refractivity contribution is 0.442. The van der Waals surface area contributed by atoms with Crippen LogP contribution in [-0.2, 0) is 6.54 Å². The van der Waals surface area contributed by atoms with E-state index in [1.54, 1.807) is 0 Å². The van der Waals surface area contributed by atoms with E-state index >= 15 is 0 Å². The first-order valence-electron chi connectivity index (χ1n) is 6.56. The summed E-state index contributed by atoms with van der Waals surface area (Å²) in [6.45, 7) is 8.41. The van der Waals surface area contributed by atoms with Crippen molar-refractivity contribution in [3.8, 4) is 0 Å². The molecule has 2 rings (SSSR count). The van der Waals surface area contributed by atoms with Crippen molar-refractivity contribution in [3.05, 3.63) is 18.0 Å². The lowest BCUT2D eigenvalue weighted by atomic mass is 10.0. The van der Waals surface area contributed by atoms with E-state index in [0.29, 0.717) is 0 Å². The van der Waals surface area contributed by atoms with Crippen LogP contribution < -0.4 is 10.2 Å². The maximum absolute atomic E-state index is 4.46. The summed E-state index contributed by atoms with van der Waals surface area (Å²) in [6, 6.07) is 0. The van der Waals surface area contributed by atoms with Crippen LogP contribution in [0.2, 0.25) is 0 Å². The summed E-state index contributed by atoms with van der Waals surface area (Å²) in [5.41, 5.74) is 1.15. The highest BCUT2D eigenvalue weighted by atomic mass is 15.2. The van der Waals surface area contributed by atoms with Gasteiger partial charge >= 0.3 is 0 Å². The van der Waals surface area contributed by atoms with Gasteiger partial charge in [0.05, 0.1) is 0 Å². The van der Waals surface area contributed by atoms with E-state index in [2.05, 4.69) is 34.0 Å². The molecule has 1 fully saturated rings. The van der Waals surface area contributed by atoms with Gasteiger partial charge in [-0.25, -0.2) is 9.97 Å². The molecule has 1 N–H and O–H groups in total. The highest BCUT2D eigenvalue weighted by Gasteiger charge is 2.18. The number of piperidine rings is 1. The highest BCUT2D eigenvalue weighted by Crippen LogP contribution is 2.19. The van der Waals surface area contributed by atoms with Crippen LogP contribution >= 0.6 is 0 Å². The largest absolute Gasteiger partial charge is 0.341 e. The van der Waals surface area contributed by atoms with Crippen molar-refractivity contribution in [3.63, 3.8) is 0 Å². The lowest BCUT2D eigenvalue weighted by Crippen LogP contribution is -2.35. The maximum atomic E-state index is 4.46. The Kier molecular flexibility index (Phi) is 4.31. The molecule has 1 aromatic heterocycles. The van der Waals surface area contributed by atoms with Gasteiger partial charge in [0.1, 0.15) is 0 Å². The molecule has 0 aliphatic carbocycles. The van der Waals surface area contributed by atoms with Crippen LogP contribution in [0.15, 0.2) is 12.4 Å². The second kappa shape index (κ2) is 5.96. The molecule has 0 saturated carbocycles. The van der Waals surface area contributed by atoms with Gasteiger partial charge in [0.2, 0.25) is 5.95 Å². The summed E-state index contributed by atoms with van der Waals surface area (Å²) < 4.78 is 0. The molecule has 1 aliphatic rings. The zero-order valence-electron chi connectivity index (χ0n) is 10.8.